The molecule has 0 aliphatic rings. The summed E-state index contributed by atoms with van der Waals surface area (Å²) in [4.78, 5) is 3.68. The van der Waals surface area contributed by atoms with E-state index in [-0.39, 0.29) is 10.8 Å². The Hall–Kier alpha value is -1.10. The highest BCUT2D eigenvalue weighted by molar-refractivity contribution is 7.92. The van der Waals surface area contributed by atoms with E-state index in [1.54, 1.807) is 6.92 Å². The van der Waals surface area contributed by atoms with Crippen molar-refractivity contribution in [1.82, 2.24) is 4.98 Å². The molecule has 78 valence electrons. The third-order valence-corrected chi connectivity index (χ3v) is 4.33. The number of rotatable bonds is 3. The molecule has 0 aromatic carbocycles. The molecule has 0 aliphatic carbocycles. The fraction of sp³-hybridized carbons (Fsp3) is 0.444. The molecule has 0 amide bonds. The second-order valence-electron chi connectivity index (χ2n) is 3.12. The van der Waals surface area contributed by atoms with E-state index in [2.05, 4.69) is 4.98 Å². The third kappa shape index (κ3) is 2.04. The Morgan fingerprint density at radius 2 is 2.14 bits per heavy atom. The molecule has 0 radical (unpaired) electrons. The second kappa shape index (κ2) is 3.96. The van der Waals surface area contributed by atoms with Crippen molar-refractivity contribution in [3.8, 4) is 5.75 Å². The summed E-state index contributed by atoms with van der Waals surface area (Å²) in [5.41, 5.74) is 0. The average molecular weight is 215 g/mol. The van der Waals surface area contributed by atoms with Crippen molar-refractivity contribution in [1.29, 1.82) is 0 Å². The van der Waals surface area contributed by atoms with Crippen molar-refractivity contribution in [3.63, 3.8) is 0 Å². The van der Waals surface area contributed by atoms with Gasteiger partial charge in [-0.2, -0.15) is 0 Å². The van der Waals surface area contributed by atoms with Crippen molar-refractivity contribution in [3.05, 3.63) is 18.3 Å². The molecule has 0 bridgehead atoms. The van der Waals surface area contributed by atoms with E-state index < -0.39 is 15.1 Å². The van der Waals surface area contributed by atoms with Gasteiger partial charge in [-0.3, -0.25) is 0 Å². The predicted molar refractivity (Wildman–Crippen MR) is 52.8 cm³/mol. The monoisotopic (exact) mass is 215 g/mol. The van der Waals surface area contributed by atoms with Crippen LogP contribution in [0.4, 0.5) is 0 Å². The van der Waals surface area contributed by atoms with Gasteiger partial charge in [0.05, 0.1) is 11.4 Å². The van der Waals surface area contributed by atoms with E-state index in [1.807, 2.05) is 6.92 Å². The van der Waals surface area contributed by atoms with Crippen molar-refractivity contribution in [2.45, 2.75) is 30.5 Å². The van der Waals surface area contributed by atoms with Crippen molar-refractivity contribution < 1.29 is 13.5 Å². The lowest BCUT2D eigenvalue weighted by molar-refractivity contribution is 0.471. The molecule has 1 aromatic heterocycles. The zero-order valence-corrected chi connectivity index (χ0v) is 8.95. The molecule has 0 saturated heterocycles. The first-order chi connectivity index (χ1) is 6.48. The van der Waals surface area contributed by atoms with Crippen LogP contribution >= 0.6 is 0 Å². The minimum atomic E-state index is -3.33. The first-order valence-corrected chi connectivity index (χ1v) is 5.92. The summed E-state index contributed by atoms with van der Waals surface area (Å²) < 4.78 is 23.5. The topological polar surface area (TPSA) is 67.3 Å². The highest BCUT2D eigenvalue weighted by Gasteiger charge is 2.22. The molecule has 0 spiro atoms. The number of nitrogens with zero attached hydrogens (tertiary/aromatic N) is 1. The van der Waals surface area contributed by atoms with Gasteiger partial charge in [-0.15, -0.1) is 0 Å². The molecule has 0 saturated carbocycles. The molecular formula is C9H13NO3S. The number of pyridine rings is 1. The van der Waals surface area contributed by atoms with Crippen LogP contribution in [0.15, 0.2) is 23.4 Å². The Morgan fingerprint density at radius 3 is 2.57 bits per heavy atom. The van der Waals surface area contributed by atoms with E-state index in [4.69, 9.17) is 5.11 Å². The average Bonchev–Trinajstić information content (AvgIpc) is 2.17. The highest BCUT2D eigenvalue weighted by Crippen LogP contribution is 2.17. The first kappa shape index (κ1) is 11.0. The van der Waals surface area contributed by atoms with Gasteiger partial charge in [0.25, 0.3) is 0 Å². The minimum absolute atomic E-state index is 0.0182. The number of hydrogen-bond acceptors (Lipinski definition) is 4. The van der Waals surface area contributed by atoms with Gasteiger partial charge in [0.1, 0.15) is 5.75 Å². The standard InChI is InChI=1S/C9H13NO3S/c1-3-7(2)14(12,13)9-5-4-8(11)6-10-9/h4-7,11H,3H2,1-2H3. The summed E-state index contributed by atoms with van der Waals surface area (Å²) in [6, 6.07) is 2.64. The van der Waals surface area contributed by atoms with Gasteiger partial charge in [-0.05, 0) is 25.5 Å². The Balaban J connectivity index is 3.11. The van der Waals surface area contributed by atoms with Crippen LogP contribution in [0.5, 0.6) is 5.75 Å². The zero-order chi connectivity index (χ0) is 10.8. The molecule has 0 fully saturated rings. The van der Waals surface area contributed by atoms with Crippen LogP contribution in [0.2, 0.25) is 0 Å². The Kier molecular flexibility index (Phi) is 3.10. The Labute approximate surface area is 83.5 Å². The van der Waals surface area contributed by atoms with Crippen molar-refractivity contribution in [2.75, 3.05) is 0 Å². The zero-order valence-electron chi connectivity index (χ0n) is 8.14. The van der Waals surface area contributed by atoms with E-state index in [1.165, 1.54) is 12.1 Å². The number of hydrogen-bond donors (Lipinski definition) is 1. The number of aromatic hydroxyl groups is 1. The molecule has 4 nitrogen and oxygen atoms in total. The van der Waals surface area contributed by atoms with E-state index >= 15 is 0 Å². The summed E-state index contributed by atoms with van der Waals surface area (Å²) >= 11 is 0. The quantitative estimate of drug-likeness (QED) is 0.826. The van der Waals surface area contributed by atoms with Crippen LogP contribution in [0, 0.1) is 0 Å². The Bertz CT molecular complexity index is 397. The first-order valence-electron chi connectivity index (χ1n) is 4.37. The highest BCUT2D eigenvalue weighted by atomic mass is 32.2. The lowest BCUT2D eigenvalue weighted by atomic mass is 10.4. The molecule has 1 aromatic rings. The van der Waals surface area contributed by atoms with E-state index in [0.717, 1.165) is 6.20 Å². The van der Waals surface area contributed by atoms with Gasteiger partial charge in [0.2, 0.25) is 0 Å². The molecule has 1 unspecified atom stereocenters. The number of aromatic nitrogens is 1. The van der Waals surface area contributed by atoms with Crippen LogP contribution in [0.3, 0.4) is 0 Å². The fourth-order valence-electron chi connectivity index (χ4n) is 0.966. The lowest BCUT2D eigenvalue weighted by Gasteiger charge is -2.09. The lowest BCUT2D eigenvalue weighted by Crippen LogP contribution is -2.17. The summed E-state index contributed by atoms with van der Waals surface area (Å²) in [6.45, 7) is 3.45. The molecule has 0 aliphatic heterocycles. The van der Waals surface area contributed by atoms with E-state index in [9.17, 15) is 8.42 Å². The summed E-state index contributed by atoms with van der Waals surface area (Å²) in [5, 5.41) is 8.53. The third-order valence-electron chi connectivity index (χ3n) is 2.12. The smallest absolute Gasteiger partial charge is 0.198 e. The van der Waals surface area contributed by atoms with Crippen LogP contribution in [-0.2, 0) is 9.84 Å². The molecule has 1 atom stereocenters. The molecule has 1 rings (SSSR count). The van der Waals surface area contributed by atoms with Gasteiger partial charge in [0.15, 0.2) is 14.9 Å². The SMILES string of the molecule is CCC(C)S(=O)(=O)c1ccc(O)cn1. The van der Waals surface area contributed by atoms with E-state index in [0.29, 0.717) is 6.42 Å². The maximum atomic E-state index is 11.7. The predicted octanol–water partition coefficient (Wildman–Crippen LogP) is 1.36. The van der Waals surface area contributed by atoms with Gasteiger partial charge >= 0.3 is 0 Å². The maximum Gasteiger partial charge on any atom is 0.198 e. The van der Waals surface area contributed by atoms with Crippen LogP contribution in [0.1, 0.15) is 20.3 Å². The summed E-state index contributed by atoms with van der Waals surface area (Å²) in [6.07, 6.45) is 1.68. The van der Waals surface area contributed by atoms with Gasteiger partial charge in [-0.1, -0.05) is 6.92 Å². The molecule has 5 heteroatoms. The van der Waals surface area contributed by atoms with Gasteiger partial charge in [0, 0.05) is 0 Å². The number of sulfone groups is 1. The summed E-state index contributed by atoms with van der Waals surface area (Å²) in [5.74, 6) is -0.0342. The van der Waals surface area contributed by atoms with Crippen molar-refractivity contribution >= 4 is 9.84 Å². The normalized spacial score (nSPS) is 13.9. The largest absolute Gasteiger partial charge is 0.506 e. The molecule has 1 N–H and O–H groups in total. The fourth-order valence-corrected chi connectivity index (χ4v) is 2.27. The second-order valence-corrected chi connectivity index (χ2v) is 5.43. The van der Waals surface area contributed by atoms with Crippen LogP contribution in [0.25, 0.3) is 0 Å². The van der Waals surface area contributed by atoms with Gasteiger partial charge < -0.3 is 5.11 Å². The Morgan fingerprint density at radius 1 is 1.50 bits per heavy atom. The molecule has 14 heavy (non-hydrogen) atoms. The minimum Gasteiger partial charge on any atom is -0.506 e. The van der Waals surface area contributed by atoms with Crippen molar-refractivity contribution in [2.24, 2.45) is 0 Å². The summed E-state index contributed by atoms with van der Waals surface area (Å²) in [7, 11) is -3.33. The van der Waals surface area contributed by atoms with Crippen LogP contribution < -0.4 is 0 Å². The molecular weight excluding hydrogens is 202 g/mol. The molecule has 1 heterocycles. The maximum absolute atomic E-state index is 11.7. The van der Waals surface area contributed by atoms with Crippen LogP contribution in [-0.4, -0.2) is 23.8 Å². The van der Waals surface area contributed by atoms with Gasteiger partial charge in [-0.25, -0.2) is 13.4 Å².